The summed E-state index contributed by atoms with van der Waals surface area (Å²) in [6.45, 7) is 0.729. The van der Waals surface area contributed by atoms with Crippen LogP contribution in [0.15, 0.2) is 47.3 Å². The molecule has 0 saturated heterocycles. The van der Waals surface area contributed by atoms with Crippen LogP contribution in [0.3, 0.4) is 0 Å². The van der Waals surface area contributed by atoms with Crippen LogP contribution >= 0.6 is 39.1 Å². The molecule has 0 atom stereocenters. The molecular formula is C14H9BrCl2N2. The van der Waals surface area contributed by atoms with E-state index in [0.717, 1.165) is 27.5 Å². The van der Waals surface area contributed by atoms with Gasteiger partial charge in [0, 0.05) is 40.0 Å². The third kappa shape index (κ3) is 2.64. The number of nitrogens with zero attached hydrogens (tertiary/aromatic N) is 2. The lowest BCUT2D eigenvalue weighted by Crippen LogP contribution is -1.98. The third-order valence-corrected chi connectivity index (χ3v) is 3.88. The Balaban J connectivity index is 2.06. The summed E-state index contributed by atoms with van der Waals surface area (Å²) in [6.07, 6.45) is 5.63. The second kappa shape index (κ2) is 5.16. The number of hydrogen-bond acceptors (Lipinski definition) is 1. The van der Waals surface area contributed by atoms with E-state index in [0.29, 0.717) is 10.0 Å². The van der Waals surface area contributed by atoms with Gasteiger partial charge in [-0.05, 0) is 45.8 Å². The largest absolute Gasteiger partial charge is 0.343 e. The Kier molecular flexibility index (Phi) is 3.52. The Morgan fingerprint density at radius 1 is 1.16 bits per heavy atom. The summed E-state index contributed by atoms with van der Waals surface area (Å²) >= 11 is 15.7. The minimum absolute atomic E-state index is 0.643. The van der Waals surface area contributed by atoms with Gasteiger partial charge in [-0.3, -0.25) is 4.98 Å². The maximum atomic E-state index is 6.19. The highest BCUT2D eigenvalue weighted by molar-refractivity contribution is 9.10. The van der Waals surface area contributed by atoms with Crippen molar-refractivity contribution < 1.29 is 0 Å². The molecule has 0 N–H and O–H groups in total. The molecule has 0 radical (unpaired) electrons. The number of pyridine rings is 1. The summed E-state index contributed by atoms with van der Waals surface area (Å²) in [4.78, 5) is 4.17. The van der Waals surface area contributed by atoms with Gasteiger partial charge in [-0.15, -0.1) is 0 Å². The average Bonchev–Trinajstić information content (AvgIpc) is 2.73. The van der Waals surface area contributed by atoms with Crippen LogP contribution in [-0.4, -0.2) is 9.55 Å². The van der Waals surface area contributed by atoms with Crippen LogP contribution in [0.1, 0.15) is 5.56 Å². The third-order valence-electron chi connectivity index (χ3n) is 2.92. The van der Waals surface area contributed by atoms with Crippen molar-refractivity contribution in [1.29, 1.82) is 0 Å². The number of halogens is 3. The average molecular weight is 356 g/mol. The molecule has 2 nitrogen and oxygen atoms in total. The van der Waals surface area contributed by atoms with E-state index in [2.05, 4.69) is 25.5 Å². The van der Waals surface area contributed by atoms with Crippen molar-refractivity contribution in [2.45, 2.75) is 6.54 Å². The summed E-state index contributed by atoms with van der Waals surface area (Å²) < 4.78 is 3.08. The topological polar surface area (TPSA) is 17.8 Å². The van der Waals surface area contributed by atoms with Gasteiger partial charge in [-0.25, -0.2) is 0 Å². The molecular weight excluding hydrogens is 347 g/mol. The monoisotopic (exact) mass is 354 g/mol. The second-order valence-electron chi connectivity index (χ2n) is 4.28. The van der Waals surface area contributed by atoms with Gasteiger partial charge in [0.1, 0.15) is 0 Å². The maximum absolute atomic E-state index is 6.19. The molecule has 0 bridgehead atoms. The fourth-order valence-corrected chi connectivity index (χ4v) is 3.05. The molecule has 2 heterocycles. The Labute approximate surface area is 129 Å². The highest BCUT2D eigenvalue weighted by Gasteiger charge is 2.07. The quantitative estimate of drug-likeness (QED) is 0.621. The fourth-order valence-electron chi connectivity index (χ4n) is 2.10. The van der Waals surface area contributed by atoms with E-state index in [1.807, 2.05) is 30.6 Å². The lowest BCUT2D eigenvalue weighted by Gasteiger charge is -2.06. The van der Waals surface area contributed by atoms with E-state index in [9.17, 15) is 0 Å². The predicted molar refractivity (Wildman–Crippen MR) is 83.0 cm³/mol. The zero-order valence-corrected chi connectivity index (χ0v) is 12.9. The SMILES string of the molecule is Clc1cc(Cl)c2ccn(Cc3cncc(Br)c3)c2c1. The summed E-state index contributed by atoms with van der Waals surface area (Å²) in [7, 11) is 0. The number of rotatable bonds is 2. The molecule has 19 heavy (non-hydrogen) atoms. The molecule has 0 amide bonds. The minimum Gasteiger partial charge on any atom is -0.343 e. The molecule has 2 aromatic heterocycles. The molecule has 3 aromatic rings. The van der Waals surface area contributed by atoms with Crippen molar-refractivity contribution >= 4 is 50.0 Å². The molecule has 1 aromatic carbocycles. The van der Waals surface area contributed by atoms with Crippen LogP contribution in [-0.2, 0) is 6.54 Å². The Morgan fingerprint density at radius 2 is 2.00 bits per heavy atom. The Hall–Kier alpha value is -1.03. The molecule has 0 unspecified atom stereocenters. The first kappa shape index (κ1) is 13.0. The summed E-state index contributed by atoms with van der Waals surface area (Å²) in [6, 6.07) is 7.73. The highest BCUT2D eigenvalue weighted by Crippen LogP contribution is 2.29. The first-order chi connectivity index (χ1) is 9.13. The molecule has 0 saturated carbocycles. The number of fused-ring (bicyclic) bond motifs is 1. The summed E-state index contributed by atoms with van der Waals surface area (Å²) in [5.74, 6) is 0. The lowest BCUT2D eigenvalue weighted by atomic mass is 10.2. The van der Waals surface area contributed by atoms with Gasteiger partial charge < -0.3 is 4.57 Å². The Bertz CT molecular complexity index is 752. The predicted octanol–water partition coefficient (Wildman–Crippen LogP) is 5.15. The van der Waals surface area contributed by atoms with Crippen LogP contribution in [0.2, 0.25) is 10.0 Å². The zero-order valence-electron chi connectivity index (χ0n) is 9.78. The normalized spacial score (nSPS) is 11.1. The van der Waals surface area contributed by atoms with Gasteiger partial charge in [-0.1, -0.05) is 23.2 Å². The van der Waals surface area contributed by atoms with Gasteiger partial charge in [0.2, 0.25) is 0 Å². The van der Waals surface area contributed by atoms with Crippen molar-refractivity contribution in [3.05, 3.63) is 62.9 Å². The molecule has 0 aliphatic rings. The summed E-state index contributed by atoms with van der Waals surface area (Å²) in [5, 5.41) is 2.33. The smallest absolute Gasteiger partial charge is 0.0514 e. The highest BCUT2D eigenvalue weighted by atomic mass is 79.9. The molecule has 0 aliphatic heterocycles. The number of hydrogen-bond donors (Lipinski definition) is 0. The van der Waals surface area contributed by atoms with Gasteiger partial charge in [0.05, 0.1) is 10.5 Å². The van der Waals surface area contributed by atoms with Crippen molar-refractivity contribution in [1.82, 2.24) is 9.55 Å². The van der Waals surface area contributed by atoms with Gasteiger partial charge in [0.25, 0.3) is 0 Å². The van der Waals surface area contributed by atoms with Gasteiger partial charge in [0.15, 0.2) is 0 Å². The lowest BCUT2D eigenvalue weighted by molar-refractivity contribution is 0.831. The standard InChI is InChI=1S/C14H9BrCl2N2/c15-10-3-9(6-18-7-10)8-19-2-1-12-13(17)4-11(16)5-14(12)19/h1-7H,8H2. The van der Waals surface area contributed by atoms with E-state index < -0.39 is 0 Å². The molecule has 3 rings (SSSR count). The van der Waals surface area contributed by atoms with Crippen molar-refractivity contribution in [3.63, 3.8) is 0 Å². The van der Waals surface area contributed by atoms with Crippen LogP contribution < -0.4 is 0 Å². The number of benzene rings is 1. The van der Waals surface area contributed by atoms with E-state index in [-0.39, 0.29) is 0 Å². The first-order valence-electron chi connectivity index (χ1n) is 5.67. The van der Waals surface area contributed by atoms with Crippen molar-refractivity contribution in [2.24, 2.45) is 0 Å². The van der Waals surface area contributed by atoms with E-state index in [1.165, 1.54) is 0 Å². The molecule has 5 heteroatoms. The maximum Gasteiger partial charge on any atom is 0.0514 e. The summed E-state index contributed by atoms with van der Waals surface area (Å²) in [5.41, 5.74) is 2.14. The van der Waals surface area contributed by atoms with Crippen molar-refractivity contribution in [3.8, 4) is 0 Å². The van der Waals surface area contributed by atoms with Crippen molar-refractivity contribution in [2.75, 3.05) is 0 Å². The van der Waals surface area contributed by atoms with E-state index >= 15 is 0 Å². The molecule has 0 spiro atoms. The number of aromatic nitrogens is 2. The van der Waals surface area contributed by atoms with E-state index in [4.69, 9.17) is 23.2 Å². The van der Waals surface area contributed by atoms with Crippen LogP contribution in [0, 0.1) is 0 Å². The first-order valence-corrected chi connectivity index (χ1v) is 7.22. The molecule has 96 valence electrons. The zero-order chi connectivity index (χ0) is 13.4. The molecule has 0 fully saturated rings. The fraction of sp³-hybridized carbons (Fsp3) is 0.0714. The minimum atomic E-state index is 0.643. The van der Waals surface area contributed by atoms with E-state index in [1.54, 1.807) is 12.3 Å². The van der Waals surface area contributed by atoms with Crippen LogP contribution in [0.4, 0.5) is 0 Å². The second-order valence-corrected chi connectivity index (χ2v) is 6.03. The van der Waals surface area contributed by atoms with Crippen LogP contribution in [0.5, 0.6) is 0 Å². The Morgan fingerprint density at radius 3 is 2.79 bits per heavy atom. The molecule has 0 aliphatic carbocycles. The van der Waals surface area contributed by atoms with Crippen LogP contribution in [0.25, 0.3) is 10.9 Å². The van der Waals surface area contributed by atoms with Gasteiger partial charge >= 0.3 is 0 Å². The van der Waals surface area contributed by atoms with Gasteiger partial charge in [-0.2, -0.15) is 0 Å².